The molecule has 2 rings (SSSR count). The van der Waals surface area contributed by atoms with Crippen molar-refractivity contribution in [1.82, 2.24) is 9.78 Å². The van der Waals surface area contributed by atoms with Crippen LogP contribution in [0.25, 0.3) is 6.08 Å². The fraction of sp³-hybridized carbons (Fsp3) is 0.133. The largest absolute Gasteiger partial charge is 0.463 e. The van der Waals surface area contributed by atoms with Crippen LogP contribution < -0.4 is 0 Å². The fourth-order valence-corrected chi connectivity index (χ4v) is 2.26. The summed E-state index contributed by atoms with van der Waals surface area (Å²) < 4.78 is 5.87. The lowest BCUT2D eigenvalue weighted by Gasteiger charge is -2.05. The zero-order valence-corrected chi connectivity index (χ0v) is 13.1. The highest BCUT2D eigenvalue weighted by molar-refractivity contribution is 6.39. The van der Waals surface area contributed by atoms with Crippen molar-refractivity contribution in [1.29, 1.82) is 0 Å². The summed E-state index contributed by atoms with van der Waals surface area (Å²) in [6.45, 7) is 2.02. The fourth-order valence-electron chi connectivity index (χ4n) is 1.71. The van der Waals surface area contributed by atoms with Crippen LogP contribution in [-0.4, -0.2) is 28.3 Å². The van der Waals surface area contributed by atoms with E-state index in [-0.39, 0.29) is 15.6 Å². The summed E-state index contributed by atoms with van der Waals surface area (Å²) >= 11 is 12.0. The molecule has 0 unspecified atom stereocenters. The Morgan fingerprint density at radius 3 is 2.64 bits per heavy atom. The number of ether oxygens (including phenoxy) is 1. The first-order valence-electron chi connectivity index (χ1n) is 6.41. The topological polar surface area (TPSA) is 61.2 Å². The van der Waals surface area contributed by atoms with E-state index in [0.29, 0.717) is 12.2 Å². The van der Waals surface area contributed by atoms with Crippen LogP contribution in [0.3, 0.4) is 0 Å². The summed E-state index contributed by atoms with van der Waals surface area (Å²) in [6, 6.07) is 4.80. The molecule has 0 aliphatic heterocycles. The normalized spacial score (nSPS) is 10.9. The van der Waals surface area contributed by atoms with Crippen LogP contribution in [-0.2, 0) is 9.53 Å². The van der Waals surface area contributed by atoms with Gasteiger partial charge in [0, 0.05) is 17.8 Å². The monoisotopic (exact) mass is 338 g/mol. The van der Waals surface area contributed by atoms with E-state index in [2.05, 4.69) is 5.10 Å². The molecule has 0 saturated heterocycles. The van der Waals surface area contributed by atoms with Crippen molar-refractivity contribution in [3.05, 3.63) is 57.8 Å². The Bertz CT molecular complexity index is 718. The van der Waals surface area contributed by atoms with Gasteiger partial charge in [0.05, 0.1) is 28.4 Å². The predicted octanol–water partition coefficient (Wildman–Crippen LogP) is 3.45. The summed E-state index contributed by atoms with van der Waals surface area (Å²) in [5.41, 5.74) is 0.749. The van der Waals surface area contributed by atoms with E-state index in [1.165, 1.54) is 24.5 Å². The minimum absolute atomic E-state index is 0.176. The van der Waals surface area contributed by atoms with Crippen molar-refractivity contribution < 1.29 is 14.3 Å². The second kappa shape index (κ2) is 7.24. The molecule has 0 aliphatic rings. The maximum absolute atomic E-state index is 12.4. The first-order chi connectivity index (χ1) is 10.5. The van der Waals surface area contributed by atoms with E-state index in [9.17, 15) is 9.59 Å². The zero-order valence-electron chi connectivity index (χ0n) is 11.6. The van der Waals surface area contributed by atoms with Crippen molar-refractivity contribution >= 4 is 41.2 Å². The third-order valence-electron chi connectivity index (χ3n) is 2.69. The zero-order chi connectivity index (χ0) is 16.1. The highest BCUT2D eigenvalue weighted by atomic mass is 35.5. The average Bonchev–Trinajstić information content (AvgIpc) is 2.94. The molecule has 1 heterocycles. The smallest absolute Gasteiger partial charge is 0.330 e. The molecule has 2 aromatic rings. The number of rotatable bonds is 4. The van der Waals surface area contributed by atoms with Crippen LogP contribution in [0.1, 0.15) is 22.8 Å². The number of carbonyl (C=O) groups is 2. The third kappa shape index (κ3) is 3.75. The molecule has 0 amide bonds. The molecule has 0 N–H and O–H groups in total. The van der Waals surface area contributed by atoms with Crippen LogP contribution in [0, 0.1) is 0 Å². The lowest BCUT2D eigenvalue weighted by molar-refractivity contribution is -0.137. The quantitative estimate of drug-likeness (QED) is 0.632. The second-order valence-corrected chi connectivity index (χ2v) is 5.02. The second-order valence-electron chi connectivity index (χ2n) is 4.21. The summed E-state index contributed by atoms with van der Waals surface area (Å²) in [5.74, 6) is -0.915. The molecule has 5 nitrogen and oxygen atoms in total. The van der Waals surface area contributed by atoms with Crippen LogP contribution in [0.5, 0.6) is 0 Å². The molecule has 22 heavy (non-hydrogen) atoms. The summed E-state index contributed by atoms with van der Waals surface area (Å²) in [4.78, 5) is 23.6. The molecule has 114 valence electrons. The molecule has 0 fully saturated rings. The molecular formula is C15H12Cl2N2O3. The maximum atomic E-state index is 12.4. The number of benzene rings is 1. The maximum Gasteiger partial charge on any atom is 0.330 e. The van der Waals surface area contributed by atoms with Gasteiger partial charge in [-0.05, 0) is 25.1 Å². The average molecular weight is 339 g/mol. The number of esters is 1. The summed E-state index contributed by atoms with van der Waals surface area (Å²) in [7, 11) is 0. The predicted molar refractivity (Wildman–Crippen MR) is 84.1 cm³/mol. The van der Waals surface area contributed by atoms with Gasteiger partial charge >= 0.3 is 5.97 Å². The van der Waals surface area contributed by atoms with E-state index in [1.54, 1.807) is 25.1 Å². The third-order valence-corrected chi connectivity index (χ3v) is 3.32. The molecule has 0 spiro atoms. The molecule has 0 radical (unpaired) electrons. The Kier molecular flexibility index (Phi) is 5.35. The lowest BCUT2D eigenvalue weighted by Crippen LogP contribution is -2.13. The lowest BCUT2D eigenvalue weighted by atomic mass is 10.2. The molecule has 0 atom stereocenters. The standard InChI is InChI=1S/C15H12Cl2N2O3/c1-2-22-13(20)7-6-10-8-18-19(9-10)15(21)14-11(16)4-3-5-12(14)17/h3-9H,2H2,1H3/b7-6+. The summed E-state index contributed by atoms with van der Waals surface area (Å²) in [6.07, 6.45) is 5.68. The molecule has 0 saturated carbocycles. The van der Waals surface area contributed by atoms with Gasteiger partial charge in [0.1, 0.15) is 0 Å². The van der Waals surface area contributed by atoms with Crippen molar-refractivity contribution in [3.63, 3.8) is 0 Å². The first kappa shape index (κ1) is 16.3. The highest BCUT2D eigenvalue weighted by Crippen LogP contribution is 2.25. The van der Waals surface area contributed by atoms with E-state index in [4.69, 9.17) is 27.9 Å². The van der Waals surface area contributed by atoms with Gasteiger partial charge in [-0.15, -0.1) is 0 Å². The van der Waals surface area contributed by atoms with Crippen molar-refractivity contribution in [2.75, 3.05) is 6.61 Å². The van der Waals surface area contributed by atoms with Gasteiger partial charge in [-0.2, -0.15) is 5.10 Å². The van der Waals surface area contributed by atoms with Crippen LogP contribution in [0.2, 0.25) is 10.0 Å². The Morgan fingerprint density at radius 2 is 2.00 bits per heavy atom. The molecule has 1 aromatic carbocycles. The molecule has 7 heteroatoms. The molecule has 0 bridgehead atoms. The van der Waals surface area contributed by atoms with Gasteiger partial charge in [-0.3, -0.25) is 4.79 Å². The number of hydrogen-bond donors (Lipinski definition) is 0. The number of carbonyl (C=O) groups excluding carboxylic acids is 2. The van der Waals surface area contributed by atoms with Gasteiger partial charge in [-0.1, -0.05) is 29.3 Å². The van der Waals surface area contributed by atoms with Gasteiger partial charge < -0.3 is 4.74 Å². The van der Waals surface area contributed by atoms with Crippen LogP contribution >= 0.6 is 23.2 Å². The number of nitrogens with zero attached hydrogens (tertiary/aromatic N) is 2. The van der Waals surface area contributed by atoms with Gasteiger partial charge in [0.15, 0.2) is 0 Å². The SMILES string of the molecule is CCOC(=O)/C=C/c1cnn(C(=O)c2c(Cl)cccc2Cl)c1. The number of aromatic nitrogens is 2. The van der Waals surface area contributed by atoms with Gasteiger partial charge in [-0.25, -0.2) is 9.48 Å². The molecular weight excluding hydrogens is 327 g/mol. The Balaban J connectivity index is 2.21. The Hall–Kier alpha value is -2.11. The number of hydrogen-bond acceptors (Lipinski definition) is 4. The van der Waals surface area contributed by atoms with E-state index in [1.807, 2.05) is 0 Å². The Morgan fingerprint density at radius 1 is 1.32 bits per heavy atom. The first-order valence-corrected chi connectivity index (χ1v) is 7.16. The Labute approximate surface area is 137 Å². The van der Waals surface area contributed by atoms with Crippen molar-refractivity contribution in [2.45, 2.75) is 6.92 Å². The van der Waals surface area contributed by atoms with Crippen molar-refractivity contribution in [2.24, 2.45) is 0 Å². The number of halogens is 2. The minimum Gasteiger partial charge on any atom is -0.463 e. The van der Waals surface area contributed by atoms with Gasteiger partial charge in [0.25, 0.3) is 5.91 Å². The van der Waals surface area contributed by atoms with Crippen molar-refractivity contribution in [3.8, 4) is 0 Å². The van der Waals surface area contributed by atoms with E-state index in [0.717, 1.165) is 4.68 Å². The minimum atomic E-state index is -0.462. The van der Waals surface area contributed by atoms with Crippen LogP contribution in [0.15, 0.2) is 36.7 Å². The molecule has 1 aromatic heterocycles. The van der Waals surface area contributed by atoms with E-state index < -0.39 is 11.9 Å². The van der Waals surface area contributed by atoms with Gasteiger partial charge in [0.2, 0.25) is 0 Å². The van der Waals surface area contributed by atoms with E-state index >= 15 is 0 Å². The molecule has 0 aliphatic carbocycles. The highest BCUT2D eigenvalue weighted by Gasteiger charge is 2.17. The summed E-state index contributed by atoms with van der Waals surface area (Å²) in [5, 5.41) is 4.44. The van der Waals surface area contributed by atoms with Crippen LogP contribution in [0.4, 0.5) is 0 Å².